The lowest BCUT2D eigenvalue weighted by Gasteiger charge is -2.14. The van der Waals surface area contributed by atoms with Crippen molar-refractivity contribution in [1.82, 2.24) is 0 Å². The molecule has 0 atom stereocenters. The van der Waals surface area contributed by atoms with Crippen LogP contribution in [0.5, 0.6) is 5.75 Å². The van der Waals surface area contributed by atoms with Crippen molar-refractivity contribution in [2.45, 2.75) is 33.8 Å². The van der Waals surface area contributed by atoms with E-state index in [-0.39, 0.29) is 18.2 Å². The first kappa shape index (κ1) is 16.0. The van der Waals surface area contributed by atoms with E-state index in [2.05, 4.69) is 5.32 Å². The molecule has 0 saturated carbocycles. The number of halogens is 1. The Morgan fingerprint density at radius 3 is 2.68 bits per heavy atom. The predicted octanol–water partition coefficient (Wildman–Crippen LogP) is 4.37. The van der Waals surface area contributed by atoms with E-state index < -0.39 is 5.82 Å². The zero-order chi connectivity index (χ0) is 16.1. The number of ether oxygens (including phenoxy) is 1. The maximum atomic E-state index is 13.9. The first-order chi connectivity index (χ1) is 10.5. The highest BCUT2D eigenvalue weighted by atomic mass is 19.1. The molecule has 1 amide bonds. The van der Waals surface area contributed by atoms with Gasteiger partial charge in [0.05, 0.1) is 5.69 Å². The fourth-order valence-electron chi connectivity index (χ4n) is 2.17. The molecule has 0 heterocycles. The average molecular weight is 301 g/mol. The summed E-state index contributed by atoms with van der Waals surface area (Å²) in [7, 11) is 0. The molecule has 2 rings (SSSR count). The van der Waals surface area contributed by atoms with Gasteiger partial charge in [-0.3, -0.25) is 4.79 Å². The maximum absolute atomic E-state index is 13.9. The van der Waals surface area contributed by atoms with Crippen LogP contribution < -0.4 is 10.1 Å². The maximum Gasteiger partial charge on any atom is 0.224 e. The fraction of sp³-hybridized carbons (Fsp3) is 0.278. The zero-order valence-electron chi connectivity index (χ0n) is 13.1. The van der Waals surface area contributed by atoms with Crippen LogP contribution in [0, 0.1) is 19.7 Å². The molecule has 0 saturated heterocycles. The van der Waals surface area contributed by atoms with Gasteiger partial charge < -0.3 is 10.1 Å². The lowest BCUT2D eigenvalue weighted by Crippen LogP contribution is -2.13. The summed E-state index contributed by atoms with van der Waals surface area (Å²) in [5, 5.41) is 2.59. The molecule has 22 heavy (non-hydrogen) atoms. The monoisotopic (exact) mass is 301 g/mol. The van der Waals surface area contributed by atoms with E-state index in [0.717, 1.165) is 16.9 Å². The highest BCUT2D eigenvalue weighted by Gasteiger charge is 2.12. The van der Waals surface area contributed by atoms with Gasteiger partial charge in [-0.2, -0.15) is 0 Å². The number of rotatable bonds is 5. The summed E-state index contributed by atoms with van der Waals surface area (Å²) in [6.45, 7) is 5.90. The molecule has 0 aromatic heterocycles. The Kier molecular flexibility index (Phi) is 5.15. The normalized spacial score (nSPS) is 10.4. The quantitative estimate of drug-likeness (QED) is 0.890. The third kappa shape index (κ3) is 3.85. The standard InChI is InChI=1S/C18H20FNO2/c1-4-17(21)20-18-14(6-5-7-15(18)19)11-22-16-9-8-12(2)10-13(16)3/h5-10H,4,11H2,1-3H3,(H,20,21). The molecule has 0 aliphatic rings. The van der Waals surface area contributed by atoms with Crippen LogP contribution in [-0.2, 0) is 11.4 Å². The van der Waals surface area contributed by atoms with Crippen molar-refractivity contribution in [3.05, 3.63) is 58.9 Å². The number of anilines is 1. The molecule has 4 heteroatoms. The summed E-state index contributed by atoms with van der Waals surface area (Å²) in [5.41, 5.74) is 2.99. The number of hydrogen-bond acceptors (Lipinski definition) is 2. The van der Waals surface area contributed by atoms with Gasteiger partial charge >= 0.3 is 0 Å². The fourth-order valence-corrected chi connectivity index (χ4v) is 2.17. The van der Waals surface area contributed by atoms with Crippen LogP contribution >= 0.6 is 0 Å². The summed E-state index contributed by atoms with van der Waals surface area (Å²) >= 11 is 0. The molecule has 0 aliphatic carbocycles. The van der Waals surface area contributed by atoms with E-state index >= 15 is 0 Å². The lowest BCUT2D eigenvalue weighted by molar-refractivity contribution is -0.115. The molecule has 0 spiro atoms. The Hall–Kier alpha value is -2.36. The summed E-state index contributed by atoms with van der Waals surface area (Å²) in [6.07, 6.45) is 0.297. The first-order valence-electron chi connectivity index (χ1n) is 7.28. The summed E-state index contributed by atoms with van der Waals surface area (Å²) in [6, 6.07) is 10.6. The second kappa shape index (κ2) is 7.07. The number of benzene rings is 2. The highest BCUT2D eigenvalue weighted by molar-refractivity contribution is 5.91. The number of nitrogens with one attached hydrogen (secondary N) is 1. The highest BCUT2D eigenvalue weighted by Crippen LogP contribution is 2.24. The molecule has 0 aliphatic heterocycles. The smallest absolute Gasteiger partial charge is 0.224 e. The van der Waals surface area contributed by atoms with Crippen LogP contribution in [0.4, 0.5) is 10.1 Å². The second-order valence-corrected chi connectivity index (χ2v) is 5.23. The van der Waals surface area contributed by atoms with E-state index in [0.29, 0.717) is 12.0 Å². The van der Waals surface area contributed by atoms with Gasteiger partial charge in [-0.15, -0.1) is 0 Å². The lowest BCUT2D eigenvalue weighted by atomic mass is 10.1. The summed E-state index contributed by atoms with van der Waals surface area (Å²) in [4.78, 5) is 11.5. The van der Waals surface area contributed by atoms with E-state index in [1.54, 1.807) is 19.1 Å². The van der Waals surface area contributed by atoms with Gasteiger partial charge in [-0.1, -0.05) is 36.8 Å². The van der Waals surface area contributed by atoms with Crippen LogP contribution in [0.2, 0.25) is 0 Å². The molecular formula is C18H20FNO2. The van der Waals surface area contributed by atoms with E-state index in [9.17, 15) is 9.18 Å². The largest absolute Gasteiger partial charge is 0.489 e. The van der Waals surface area contributed by atoms with Crippen molar-refractivity contribution in [3.8, 4) is 5.75 Å². The van der Waals surface area contributed by atoms with Crippen LogP contribution in [-0.4, -0.2) is 5.91 Å². The zero-order valence-corrected chi connectivity index (χ0v) is 13.1. The van der Waals surface area contributed by atoms with Crippen LogP contribution in [0.15, 0.2) is 36.4 Å². The molecule has 0 unspecified atom stereocenters. The van der Waals surface area contributed by atoms with Crippen LogP contribution in [0.3, 0.4) is 0 Å². The van der Waals surface area contributed by atoms with Crippen molar-refractivity contribution < 1.29 is 13.9 Å². The van der Waals surface area contributed by atoms with Crippen molar-refractivity contribution in [2.75, 3.05) is 5.32 Å². The van der Waals surface area contributed by atoms with Gasteiger partial charge in [0.2, 0.25) is 5.91 Å². The second-order valence-electron chi connectivity index (χ2n) is 5.23. The van der Waals surface area contributed by atoms with E-state index in [4.69, 9.17) is 4.74 Å². The van der Waals surface area contributed by atoms with Gasteiger partial charge in [0, 0.05) is 12.0 Å². The van der Waals surface area contributed by atoms with Gasteiger partial charge in [0.1, 0.15) is 18.2 Å². The number of hydrogen-bond donors (Lipinski definition) is 1. The minimum atomic E-state index is -0.455. The van der Waals surface area contributed by atoms with Crippen molar-refractivity contribution in [2.24, 2.45) is 0 Å². The van der Waals surface area contributed by atoms with Gasteiger partial charge in [0.15, 0.2) is 0 Å². The van der Waals surface area contributed by atoms with Crippen molar-refractivity contribution >= 4 is 11.6 Å². The third-order valence-corrected chi connectivity index (χ3v) is 3.40. The van der Waals surface area contributed by atoms with Gasteiger partial charge in [0.25, 0.3) is 0 Å². The summed E-state index contributed by atoms with van der Waals surface area (Å²) in [5.74, 6) is 0.0732. The topological polar surface area (TPSA) is 38.3 Å². The predicted molar refractivity (Wildman–Crippen MR) is 85.6 cm³/mol. The van der Waals surface area contributed by atoms with Crippen LogP contribution in [0.25, 0.3) is 0 Å². The van der Waals surface area contributed by atoms with Gasteiger partial charge in [-0.25, -0.2) is 4.39 Å². The number of aryl methyl sites for hydroxylation is 2. The summed E-state index contributed by atoms with van der Waals surface area (Å²) < 4.78 is 19.7. The molecule has 116 valence electrons. The molecular weight excluding hydrogens is 281 g/mol. The first-order valence-corrected chi connectivity index (χ1v) is 7.28. The van der Waals surface area contributed by atoms with E-state index in [1.165, 1.54) is 6.07 Å². The number of amides is 1. The average Bonchev–Trinajstić information content (AvgIpc) is 2.49. The molecule has 1 N–H and O–H groups in total. The Morgan fingerprint density at radius 2 is 2.00 bits per heavy atom. The molecule has 0 radical (unpaired) electrons. The Morgan fingerprint density at radius 1 is 1.23 bits per heavy atom. The Bertz CT molecular complexity index is 683. The van der Waals surface area contributed by atoms with Crippen molar-refractivity contribution in [3.63, 3.8) is 0 Å². The third-order valence-electron chi connectivity index (χ3n) is 3.40. The molecule has 3 nitrogen and oxygen atoms in total. The molecule has 0 bridgehead atoms. The molecule has 2 aromatic rings. The van der Waals surface area contributed by atoms with E-state index in [1.807, 2.05) is 32.0 Å². The van der Waals surface area contributed by atoms with Crippen molar-refractivity contribution in [1.29, 1.82) is 0 Å². The minimum Gasteiger partial charge on any atom is -0.489 e. The number of carbonyl (C=O) groups is 1. The Labute approximate surface area is 130 Å². The SMILES string of the molecule is CCC(=O)Nc1c(F)cccc1COc1ccc(C)cc1C. The molecule has 0 fully saturated rings. The molecule has 2 aromatic carbocycles. The number of para-hydroxylation sites is 1. The van der Waals surface area contributed by atoms with Gasteiger partial charge in [-0.05, 0) is 31.5 Å². The minimum absolute atomic E-state index is 0.194. The van der Waals surface area contributed by atoms with Crippen LogP contribution in [0.1, 0.15) is 30.0 Å². The Balaban J connectivity index is 2.18. The number of carbonyl (C=O) groups excluding carboxylic acids is 1.